The highest BCUT2D eigenvalue weighted by atomic mass is 32.2. The van der Waals surface area contributed by atoms with Crippen LogP contribution in [0.3, 0.4) is 0 Å². The van der Waals surface area contributed by atoms with E-state index in [4.69, 9.17) is 0 Å². The quantitative estimate of drug-likeness (QED) is 0.531. The van der Waals surface area contributed by atoms with Crippen LogP contribution in [0.2, 0.25) is 0 Å². The zero-order chi connectivity index (χ0) is 23.2. The third kappa shape index (κ3) is 6.16. The number of nitrogens with one attached hydrogen (secondary N) is 2. The number of aryl methyl sites for hydroxylation is 2. The highest BCUT2D eigenvalue weighted by Gasteiger charge is 2.24. The van der Waals surface area contributed by atoms with Crippen LogP contribution in [-0.4, -0.2) is 51.3 Å². The lowest BCUT2D eigenvalue weighted by atomic mass is 10.1. The summed E-state index contributed by atoms with van der Waals surface area (Å²) in [7, 11) is 0. The number of carbonyl (C=O) groups is 2. The molecule has 8 heteroatoms. The molecule has 0 unspecified atom stereocenters. The normalized spacial score (nSPS) is 14.2. The lowest BCUT2D eigenvalue weighted by molar-refractivity contribution is -0.119. The van der Waals surface area contributed by atoms with Gasteiger partial charge in [0.15, 0.2) is 5.16 Å². The Kier molecular flexibility index (Phi) is 7.34. The number of imidazole rings is 1. The number of amides is 3. The molecule has 1 aliphatic heterocycles. The second-order valence-corrected chi connectivity index (χ2v) is 9.28. The number of anilines is 1. The maximum Gasteiger partial charge on any atom is 0.321 e. The van der Waals surface area contributed by atoms with E-state index in [1.807, 2.05) is 41.1 Å². The lowest BCUT2D eigenvalue weighted by Crippen LogP contribution is -2.48. The fourth-order valence-corrected chi connectivity index (χ4v) is 4.82. The fourth-order valence-electron chi connectivity index (χ4n) is 4.03. The molecule has 33 heavy (non-hydrogen) atoms. The van der Waals surface area contributed by atoms with Crippen LogP contribution < -0.4 is 10.6 Å². The van der Waals surface area contributed by atoms with E-state index in [1.165, 1.54) is 22.9 Å². The molecule has 4 rings (SSSR count). The number of aromatic nitrogens is 2. The van der Waals surface area contributed by atoms with Crippen LogP contribution in [0.5, 0.6) is 0 Å². The predicted octanol–water partition coefficient (Wildman–Crippen LogP) is 4.39. The molecule has 3 aromatic rings. The molecule has 2 N–H and O–H groups in total. The highest BCUT2D eigenvalue weighted by Crippen LogP contribution is 2.22. The summed E-state index contributed by atoms with van der Waals surface area (Å²) in [4.78, 5) is 31.2. The summed E-state index contributed by atoms with van der Waals surface area (Å²) in [6.45, 7) is 5.39. The van der Waals surface area contributed by atoms with Crippen LogP contribution in [0.1, 0.15) is 24.0 Å². The summed E-state index contributed by atoms with van der Waals surface area (Å²) in [5, 5.41) is 6.82. The number of urea groups is 1. The predicted molar refractivity (Wildman–Crippen MR) is 132 cm³/mol. The molecule has 2 aromatic carbocycles. The summed E-state index contributed by atoms with van der Waals surface area (Å²) in [5.74, 6) is 0.290. The molecule has 1 aliphatic rings. The molecule has 0 bridgehead atoms. The molecule has 0 aliphatic carbocycles. The van der Waals surface area contributed by atoms with E-state index in [0.29, 0.717) is 18.8 Å². The lowest BCUT2D eigenvalue weighted by Gasteiger charge is -2.32. The zero-order valence-corrected chi connectivity index (χ0v) is 19.8. The van der Waals surface area contributed by atoms with Crippen molar-refractivity contribution in [2.45, 2.75) is 37.9 Å². The van der Waals surface area contributed by atoms with Gasteiger partial charge in [-0.15, -0.1) is 0 Å². The molecule has 7 nitrogen and oxygen atoms in total. The van der Waals surface area contributed by atoms with Gasteiger partial charge in [0.05, 0.1) is 5.75 Å². The maximum absolute atomic E-state index is 12.6. The highest BCUT2D eigenvalue weighted by molar-refractivity contribution is 7.99. The third-order valence-electron chi connectivity index (χ3n) is 5.60. The van der Waals surface area contributed by atoms with Crippen molar-refractivity contribution in [2.75, 3.05) is 24.2 Å². The van der Waals surface area contributed by atoms with Crippen molar-refractivity contribution in [3.05, 3.63) is 72.1 Å². The fraction of sp³-hybridized carbons (Fsp3) is 0.320. The number of para-hydroxylation sites is 1. The first kappa shape index (κ1) is 22.9. The van der Waals surface area contributed by atoms with Crippen LogP contribution in [0.15, 0.2) is 66.1 Å². The Bertz CT molecular complexity index is 1090. The SMILES string of the molecule is Cc1cc(C)cc(-n2ccnc2SCC(=O)NC2CCN(C(=O)Nc3ccccc3)CC2)c1. The second-order valence-electron chi connectivity index (χ2n) is 8.34. The van der Waals surface area contributed by atoms with Gasteiger partial charge in [-0.3, -0.25) is 9.36 Å². The van der Waals surface area contributed by atoms with Crippen molar-refractivity contribution in [3.8, 4) is 5.69 Å². The van der Waals surface area contributed by atoms with Crippen LogP contribution >= 0.6 is 11.8 Å². The van der Waals surface area contributed by atoms with Gasteiger partial charge in [0.25, 0.3) is 0 Å². The molecule has 0 atom stereocenters. The maximum atomic E-state index is 12.6. The Morgan fingerprint density at radius 2 is 1.76 bits per heavy atom. The van der Waals surface area contributed by atoms with E-state index in [-0.39, 0.29) is 18.0 Å². The van der Waals surface area contributed by atoms with Gasteiger partial charge in [-0.05, 0) is 62.1 Å². The van der Waals surface area contributed by atoms with Gasteiger partial charge >= 0.3 is 6.03 Å². The number of hydrogen-bond acceptors (Lipinski definition) is 4. The number of hydrogen-bond donors (Lipinski definition) is 2. The molecule has 0 spiro atoms. The van der Waals surface area contributed by atoms with Crippen LogP contribution in [-0.2, 0) is 4.79 Å². The largest absolute Gasteiger partial charge is 0.353 e. The molecule has 2 heterocycles. The van der Waals surface area contributed by atoms with Crippen molar-refractivity contribution < 1.29 is 9.59 Å². The van der Waals surface area contributed by atoms with E-state index in [9.17, 15) is 9.59 Å². The standard InChI is InChI=1S/C25H29N5O2S/c1-18-14-19(2)16-22(15-18)30-13-10-26-25(30)33-17-23(31)27-21-8-11-29(12-9-21)24(32)28-20-6-4-3-5-7-20/h3-7,10,13-16,21H,8-9,11-12,17H2,1-2H3,(H,27,31)(H,28,32). The van der Waals surface area contributed by atoms with Gasteiger partial charge in [0.1, 0.15) is 0 Å². The van der Waals surface area contributed by atoms with Crippen molar-refractivity contribution >= 4 is 29.4 Å². The minimum Gasteiger partial charge on any atom is -0.353 e. The van der Waals surface area contributed by atoms with E-state index in [0.717, 1.165) is 29.4 Å². The van der Waals surface area contributed by atoms with Crippen molar-refractivity contribution in [1.29, 1.82) is 0 Å². The van der Waals surface area contributed by atoms with Crippen LogP contribution in [0.25, 0.3) is 5.69 Å². The van der Waals surface area contributed by atoms with E-state index < -0.39 is 0 Å². The first-order chi connectivity index (χ1) is 16.0. The molecular formula is C25H29N5O2S. The van der Waals surface area contributed by atoms with Gasteiger partial charge in [-0.2, -0.15) is 0 Å². The number of thioether (sulfide) groups is 1. The molecule has 3 amide bonds. The summed E-state index contributed by atoms with van der Waals surface area (Å²) in [6.07, 6.45) is 5.17. The second kappa shape index (κ2) is 10.6. The topological polar surface area (TPSA) is 79.3 Å². The summed E-state index contributed by atoms with van der Waals surface area (Å²) in [5.41, 5.74) is 4.22. The number of piperidine rings is 1. The number of benzene rings is 2. The molecular weight excluding hydrogens is 434 g/mol. The molecule has 1 saturated heterocycles. The average molecular weight is 464 g/mol. The van der Waals surface area contributed by atoms with Crippen molar-refractivity contribution in [1.82, 2.24) is 19.8 Å². The van der Waals surface area contributed by atoms with Crippen molar-refractivity contribution in [2.24, 2.45) is 0 Å². The van der Waals surface area contributed by atoms with Gasteiger partial charge < -0.3 is 15.5 Å². The first-order valence-electron chi connectivity index (χ1n) is 11.1. The Morgan fingerprint density at radius 3 is 2.45 bits per heavy atom. The van der Waals surface area contributed by atoms with E-state index >= 15 is 0 Å². The smallest absolute Gasteiger partial charge is 0.321 e. The number of nitrogens with zero attached hydrogens (tertiary/aromatic N) is 3. The Balaban J connectivity index is 1.24. The number of likely N-dealkylation sites (tertiary alicyclic amines) is 1. The summed E-state index contributed by atoms with van der Waals surface area (Å²) < 4.78 is 2.02. The molecule has 0 radical (unpaired) electrons. The third-order valence-corrected chi connectivity index (χ3v) is 6.56. The van der Waals surface area contributed by atoms with E-state index in [1.54, 1.807) is 11.1 Å². The minimum absolute atomic E-state index is 0.0119. The van der Waals surface area contributed by atoms with Crippen molar-refractivity contribution in [3.63, 3.8) is 0 Å². The van der Waals surface area contributed by atoms with Gasteiger partial charge in [0.2, 0.25) is 5.91 Å². The Hall–Kier alpha value is -3.26. The minimum atomic E-state index is -0.0975. The summed E-state index contributed by atoms with van der Waals surface area (Å²) in [6, 6.07) is 15.8. The monoisotopic (exact) mass is 463 g/mol. The number of rotatable bonds is 6. The zero-order valence-electron chi connectivity index (χ0n) is 19.0. The molecule has 0 saturated carbocycles. The summed E-state index contributed by atoms with van der Waals surface area (Å²) >= 11 is 1.43. The first-order valence-corrected chi connectivity index (χ1v) is 12.1. The van der Waals surface area contributed by atoms with Crippen LogP contribution in [0, 0.1) is 13.8 Å². The Labute approximate surface area is 198 Å². The average Bonchev–Trinajstić information content (AvgIpc) is 3.27. The molecule has 1 aromatic heterocycles. The van der Waals surface area contributed by atoms with Gasteiger partial charge in [-0.25, -0.2) is 9.78 Å². The van der Waals surface area contributed by atoms with E-state index in [2.05, 4.69) is 47.7 Å². The Morgan fingerprint density at radius 1 is 1.06 bits per heavy atom. The molecule has 1 fully saturated rings. The van der Waals surface area contributed by atoms with Gasteiger partial charge in [0, 0.05) is 42.9 Å². The molecule has 172 valence electrons. The van der Waals surface area contributed by atoms with Crippen LogP contribution in [0.4, 0.5) is 10.5 Å². The number of carbonyl (C=O) groups excluding carboxylic acids is 2. The van der Waals surface area contributed by atoms with Gasteiger partial charge in [-0.1, -0.05) is 36.0 Å².